The van der Waals surface area contributed by atoms with Gasteiger partial charge in [0, 0.05) is 33.2 Å². The fraction of sp³-hybridized carbons (Fsp3) is 0.889. The highest BCUT2D eigenvalue weighted by Crippen LogP contribution is 2.17. The normalized spacial score (nSPS) is 16.8. The molecule has 1 fully saturated rings. The lowest BCUT2D eigenvalue weighted by molar-refractivity contribution is -0.136. The first-order valence-corrected chi connectivity index (χ1v) is 9.59. The zero-order chi connectivity index (χ0) is 19.0. The highest BCUT2D eigenvalue weighted by Gasteiger charge is 2.31. The van der Waals surface area contributed by atoms with Crippen molar-refractivity contribution in [3.63, 3.8) is 0 Å². The number of nitrogens with one attached hydrogen (secondary N) is 2. The highest BCUT2D eigenvalue weighted by molar-refractivity contribution is 5.87. The van der Waals surface area contributed by atoms with Crippen molar-refractivity contribution >= 4 is 11.8 Å². The largest absolute Gasteiger partial charge is 0.379 e. The van der Waals surface area contributed by atoms with E-state index in [1.54, 1.807) is 4.90 Å². The van der Waals surface area contributed by atoms with Crippen molar-refractivity contribution in [2.45, 2.75) is 38.6 Å². The van der Waals surface area contributed by atoms with Gasteiger partial charge in [-0.25, -0.2) is 0 Å². The number of likely N-dealkylation sites (tertiary alicyclic amines) is 1. The van der Waals surface area contributed by atoms with E-state index in [-0.39, 0.29) is 17.9 Å². The average Bonchev–Trinajstić information content (AvgIpc) is 3.12. The third-order valence-electron chi connectivity index (χ3n) is 4.18. The van der Waals surface area contributed by atoms with Gasteiger partial charge in [0.1, 0.15) is 6.04 Å². The van der Waals surface area contributed by atoms with E-state index >= 15 is 0 Å². The van der Waals surface area contributed by atoms with Crippen molar-refractivity contribution in [1.29, 1.82) is 0 Å². The van der Waals surface area contributed by atoms with Crippen LogP contribution >= 0.6 is 0 Å². The van der Waals surface area contributed by atoms with E-state index in [1.165, 1.54) is 6.92 Å². The fourth-order valence-corrected chi connectivity index (χ4v) is 2.81. The Morgan fingerprint density at radius 3 is 2.12 bits per heavy atom. The van der Waals surface area contributed by atoms with E-state index in [0.29, 0.717) is 46.1 Å². The number of hydrogen-bond donors (Lipinski definition) is 2. The summed E-state index contributed by atoms with van der Waals surface area (Å²) in [5, 5.41) is 5.95. The van der Waals surface area contributed by atoms with E-state index in [1.807, 2.05) is 7.05 Å². The minimum absolute atomic E-state index is 0.0330. The van der Waals surface area contributed by atoms with Crippen LogP contribution in [0.4, 0.5) is 0 Å². The molecule has 152 valence electrons. The molecule has 1 aliphatic rings. The lowest BCUT2D eigenvalue weighted by Gasteiger charge is -2.22. The molecule has 0 saturated carbocycles. The topological polar surface area (TPSA) is 89.1 Å². The van der Waals surface area contributed by atoms with Crippen LogP contribution in [0.5, 0.6) is 0 Å². The molecule has 1 atom stereocenters. The monoisotopic (exact) mass is 373 g/mol. The number of ether oxygens (including phenoxy) is 3. The first-order valence-electron chi connectivity index (χ1n) is 9.59. The molecule has 0 bridgehead atoms. The Morgan fingerprint density at radius 2 is 1.54 bits per heavy atom. The van der Waals surface area contributed by atoms with E-state index in [9.17, 15) is 9.59 Å². The Labute approximate surface area is 156 Å². The molecule has 8 heteroatoms. The second-order valence-electron chi connectivity index (χ2n) is 6.31. The molecule has 1 heterocycles. The van der Waals surface area contributed by atoms with Crippen molar-refractivity contribution in [3.05, 3.63) is 0 Å². The van der Waals surface area contributed by atoms with Gasteiger partial charge in [0.2, 0.25) is 11.8 Å². The standard InChI is InChI=1S/C18H35N3O5/c1-16(22)21-9-3-6-17(21)18(23)20-8-5-11-25-13-15-26-14-12-24-10-4-7-19-2/h17,19H,3-15H2,1-2H3,(H,20,23). The maximum Gasteiger partial charge on any atom is 0.242 e. The Kier molecular flexibility index (Phi) is 13.1. The molecule has 2 amide bonds. The van der Waals surface area contributed by atoms with Crippen molar-refractivity contribution in [2.75, 3.05) is 66.3 Å². The first-order chi connectivity index (χ1) is 12.7. The van der Waals surface area contributed by atoms with Gasteiger partial charge in [-0.3, -0.25) is 9.59 Å². The Balaban J connectivity index is 1.86. The lowest BCUT2D eigenvalue weighted by atomic mass is 10.2. The fourth-order valence-electron chi connectivity index (χ4n) is 2.81. The van der Waals surface area contributed by atoms with Gasteiger partial charge in [-0.1, -0.05) is 0 Å². The van der Waals surface area contributed by atoms with Crippen LogP contribution in [0.1, 0.15) is 32.6 Å². The van der Waals surface area contributed by atoms with E-state index in [2.05, 4.69) is 10.6 Å². The van der Waals surface area contributed by atoms with Crippen LogP contribution in [-0.4, -0.2) is 89.1 Å². The van der Waals surface area contributed by atoms with Gasteiger partial charge in [0.05, 0.1) is 26.4 Å². The third-order valence-corrected chi connectivity index (χ3v) is 4.18. The minimum atomic E-state index is -0.303. The Morgan fingerprint density at radius 1 is 0.962 bits per heavy atom. The summed E-state index contributed by atoms with van der Waals surface area (Å²) >= 11 is 0. The molecule has 0 aromatic rings. The predicted molar refractivity (Wildman–Crippen MR) is 99.0 cm³/mol. The maximum atomic E-state index is 12.1. The molecule has 0 aliphatic carbocycles. The summed E-state index contributed by atoms with van der Waals surface area (Å²) in [5.74, 6) is -0.0925. The first kappa shape index (κ1) is 22.8. The van der Waals surface area contributed by atoms with Gasteiger partial charge in [-0.15, -0.1) is 0 Å². The van der Waals surface area contributed by atoms with Gasteiger partial charge < -0.3 is 29.7 Å². The number of carbonyl (C=O) groups excluding carboxylic acids is 2. The van der Waals surface area contributed by atoms with Gasteiger partial charge in [-0.05, 0) is 39.3 Å². The Hall–Kier alpha value is -1.22. The second-order valence-corrected chi connectivity index (χ2v) is 6.31. The van der Waals surface area contributed by atoms with Gasteiger partial charge in [0.25, 0.3) is 0 Å². The molecule has 0 radical (unpaired) electrons. The smallest absolute Gasteiger partial charge is 0.242 e. The van der Waals surface area contributed by atoms with Crippen molar-refractivity contribution in [2.24, 2.45) is 0 Å². The predicted octanol–water partition coefficient (Wildman–Crippen LogP) is 0.163. The van der Waals surface area contributed by atoms with Crippen LogP contribution in [0.25, 0.3) is 0 Å². The van der Waals surface area contributed by atoms with Gasteiger partial charge >= 0.3 is 0 Å². The van der Waals surface area contributed by atoms with Gasteiger partial charge in [0.15, 0.2) is 0 Å². The molecule has 2 N–H and O–H groups in total. The molecule has 8 nitrogen and oxygen atoms in total. The quantitative estimate of drug-likeness (QED) is 0.398. The number of rotatable bonds is 15. The summed E-state index contributed by atoms with van der Waals surface area (Å²) in [5.41, 5.74) is 0. The number of nitrogens with zero attached hydrogens (tertiary/aromatic N) is 1. The number of amides is 2. The van der Waals surface area contributed by atoms with Crippen LogP contribution in [-0.2, 0) is 23.8 Å². The van der Waals surface area contributed by atoms with E-state index in [4.69, 9.17) is 14.2 Å². The zero-order valence-corrected chi connectivity index (χ0v) is 16.3. The minimum Gasteiger partial charge on any atom is -0.379 e. The molecule has 1 aliphatic heterocycles. The molecular formula is C18H35N3O5. The average molecular weight is 373 g/mol. The van der Waals surface area contributed by atoms with Crippen LogP contribution in [0.15, 0.2) is 0 Å². The van der Waals surface area contributed by atoms with E-state index in [0.717, 1.165) is 38.8 Å². The maximum absolute atomic E-state index is 12.1. The summed E-state index contributed by atoms with van der Waals surface area (Å²) < 4.78 is 16.3. The molecule has 1 saturated heterocycles. The van der Waals surface area contributed by atoms with Crippen molar-refractivity contribution < 1.29 is 23.8 Å². The summed E-state index contributed by atoms with van der Waals surface area (Å²) in [6.45, 7) is 7.29. The zero-order valence-electron chi connectivity index (χ0n) is 16.3. The summed E-state index contributed by atoms with van der Waals surface area (Å²) in [7, 11) is 1.93. The van der Waals surface area contributed by atoms with Gasteiger partial charge in [-0.2, -0.15) is 0 Å². The molecule has 1 rings (SSSR count). The van der Waals surface area contributed by atoms with E-state index < -0.39 is 0 Å². The molecule has 1 unspecified atom stereocenters. The molecule has 0 aromatic carbocycles. The summed E-state index contributed by atoms with van der Waals surface area (Å²) in [4.78, 5) is 25.2. The molecule has 26 heavy (non-hydrogen) atoms. The third kappa shape index (κ3) is 10.1. The molecular weight excluding hydrogens is 338 g/mol. The number of carbonyl (C=O) groups is 2. The lowest BCUT2D eigenvalue weighted by Crippen LogP contribution is -2.45. The molecule has 0 spiro atoms. The summed E-state index contributed by atoms with van der Waals surface area (Å²) in [6, 6.07) is -0.303. The van der Waals surface area contributed by atoms with Crippen LogP contribution in [0.2, 0.25) is 0 Å². The van der Waals surface area contributed by atoms with Crippen LogP contribution in [0.3, 0.4) is 0 Å². The number of hydrogen-bond acceptors (Lipinski definition) is 6. The summed E-state index contributed by atoms with van der Waals surface area (Å²) in [6.07, 6.45) is 3.39. The SMILES string of the molecule is CNCCCOCCOCCOCCCNC(=O)C1CCCN1C(C)=O. The van der Waals surface area contributed by atoms with Crippen molar-refractivity contribution in [1.82, 2.24) is 15.5 Å². The Bertz CT molecular complexity index is 395. The van der Waals surface area contributed by atoms with Crippen LogP contribution in [0, 0.1) is 0 Å². The van der Waals surface area contributed by atoms with Crippen LogP contribution < -0.4 is 10.6 Å². The van der Waals surface area contributed by atoms with Crippen molar-refractivity contribution in [3.8, 4) is 0 Å². The molecule has 0 aromatic heterocycles. The highest BCUT2D eigenvalue weighted by atomic mass is 16.5. The second kappa shape index (κ2) is 14.9.